The Morgan fingerprint density at radius 1 is 1.05 bits per heavy atom. The molecular formula is C18H30O. The third kappa shape index (κ3) is 6.77. The van der Waals surface area contributed by atoms with Gasteiger partial charge in [-0.2, -0.15) is 0 Å². The Bertz CT molecular complexity index is 360. The lowest BCUT2D eigenvalue weighted by atomic mass is 9.86. The summed E-state index contributed by atoms with van der Waals surface area (Å²) in [5.74, 6) is 0. The van der Waals surface area contributed by atoms with Crippen LogP contribution in [0.5, 0.6) is 0 Å². The first-order chi connectivity index (χ1) is 8.89. The first-order valence-corrected chi connectivity index (χ1v) is 7.60. The zero-order chi connectivity index (χ0) is 14.3. The van der Waals surface area contributed by atoms with Gasteiger partial charge in [-0.05, 0) is 49.7 Å². The van der Waals surface area contributed by atoms with Crippen LogP contribution in [0.3, 0.4) is 0 Å². The van der Waals surface area contributed by atoms with Crippen LogP contribution in [-0.4, -0.2) is 12.7 Å². The van der Waals surface area contributed by atoms with Crippen molar-refractivity contribution >= 4 is 0 Å². The molecule has 0 aliphatic heterocycles. The Kier molecular flexibility index (Phi) is 6.57. The van der Waals surface area contributed by atoms with Crippen molar-refractivity contribution in [3.8, 4) is 0 Å². The highest BCUT2D eigenvalue weighted by molar-refractivity contribution is 5.28. The molecule has 1 rings (SSSR count). The normalized spacial score (nSPS) is 12.1. The molecule has 19 heavy (non-hydrogen) atoms. The fourth-order valence-corrected chi connectivity index (χ4v) is 2.12. The number of rotatable bonds is 7. The van der Waals surface area contributed by atoms with Crippen molar-refractivity contribution in [1.82, 2.24) is 0 Å². The Balaban J connectivity index is 2.30. The predicted octanol–water partition coefficient (Wildman–Crippen LogP) is 5.12. The summed E-state index contributed by atoms with van der Waals surface area (Å²) in [7, 11) is 0. The molecule has 1 aromatic rings. The first kappa shape index (κ1) is 16.2. The minimum Gasteiger partial charge on any atom is -0.379 e. The summed E-state index contributed by atoms with van der Waals surface area (Å²) in [5.41, 5.74) is 3.16. The van der Waals surface area contributed by atoms with Crippen molar-refractivity contribution in [3.05, 3.63) is 35.4 Å². The fraction of sp³-hybridized carbons (Fsp3) is 0.667. The molecule has 0 atom stereocenters. The Morgan fingerprint density at radius 2 is 1.79 bits per heavy atom. The smallest absolute Gasteiger partial charge is 0.0518 e. The molecule has 0 radical (unpaired) electrons. The minimum absolute atomic E-state index is 0.251. The van der Waals surface area contributed by atoms with E-state index in [1.807, 2.05) is 0 Å². The van der Waals surface area contributed by atoms with Crippen molar-refractivity contribution < 1.29 is 4.74 Å². The Labute approximate surface area is 119 Å². The van der Waals surface area contributed by atoms with Crippen molar-refractivity contribution in [1.29, 1.82) is 0 Å². The number of ether oxygens (including phenoxy) is 1. The summed E-state index contributed by atoms with van der Waals surface area (Å²) >= 11 is 0. The van der Waals surface area contributed by atoms with E-state index in [2.05, 4.69) is 58.9 Å². The zero-order valence-electron chi connectivity index (χ0n) is 13.3. The van der Waals surface area contributed by atoms with E-state index in [0.29, 0.717) is 6.10 Å². The second-order valence-electron chi connectivity index (χ2n) is 6.68. The molecule has 0 saturated heterocycles. The van der Waals surface area contributed by atoms with Gasteiger partial charge in [-0.15, -0.1) is 0 Å². The lowest BCUT2D eigenvalue weighted by molar-refractivity contribution is 0.0758. The molecular weight excluding hydrogens is 232 g/mol. The van der Waals surface area contributed by atoms with Gasteiger partial charge < -0.3 is 4.74 Å². The van der Waals surface area contributed by atoms with E-state index in [0.717, 1.165) is 6.61 Å². The van der Waals surface area contributed by atoms with E-state index in [1.54, 1.807) is 0 Å². The van der Waals surface area contributed by atoms with Gasteiger partial charge in [0.15, 0.2) is 0 Å². The molecule has 0 spiro atoms. The maximum Gasteiger partial charge on any atom is 0.0518 e. The van der Waals surface area contributed by atoms with Gasteiger partial charge in [0.1, 0.15) is 0 Å². The van der Waals surface area contributed by atoms with Crippen LogP contribution >= 0.6 is 0 Å². The summed E-state index contributed by atoms with van der Waals surface area (Å²) in [6, 6.07) is 9.04. The van der Waals surface area contributed by atoms with Crippen LogP contribution in [0.4, 0.5) is 0 Å². The summed E-state index contributed by atoms with van der Waals surface area (Å²) in [4.78, 5) is 0. The van der Waals surface area contributed by atoms with E-state index in [1.165, 1.54) is 36.8 Å². The van der Waals surface area contributed by atoms with Gasteiger partial charge >= 0.3 is 0 Å². The van der Waals surface area contributed by atoms with Crippen molar-refractivity contribution in [2.45, 2.75) is 71.8 Å². The molecule has 0 amide bonds. The third-order valence-corrected chi connectivity index (χ3v) is 3.35. The zero-order valence-corrected chi connectivity index (χ0v) is 13.3. The van der Waals surface area contributed by atoms with Crippen molar-refractivity contribution in [3.63, 3.8) is 0 Å². The van der Waals surface area contributed by atoms with Gasteiger partial charge in [0.2, 0.25) is 0 Å². The average molecular weight is 262 g/mol. The lowest BCUT2D eigenvalue weighted by Crippen LogP contribution is -2.11. The van der Waals surface area contributed by atoms with Crippen LogP contribution < -0.4 is 0 Å². The van der Waals surface area contributed by atoms with Crippen molar-refractivity contribution in [2.24, 2.45) is 0 Å². The molecule has 1 heteroatoms. The maximum absolute atomic E-state index is 5.56. The molecule has 108 valence electrons. The lowest BCUT2D eigenvalue weighted by Gasteiger charge is -2.19. The molecule has 0 aromatic heterocycles. The molecule has 0 fully saturated rings. The third-order valence-electron chi connectivity index (χ3n) is 3.35. The van der Waals surface area contributed by atoms with Gasteiger partial charge in [-0.25, -0.2) is 0 Å². The second-order valence-corrected chi connectivity index (χ2v) is 6.68. The van der Waals surface area contributed by atoms with Crippen LogP contribution in [0, 0.1) is 0 Å². The molecule has 0 aliphatic rings. The quantitative estimate of drug-likeness (QED) is 0.620. The van der Waals surface area contributed by atoms with E-state index in [-0.39, 0.29) is 5.41 Å². The SMILES string of the molecule is CC(C)OCCCCCc1cccc(C(C)(C)C)c1. The van der Waals surface area contributed by atoms with E-state index in [9.17, 15) is 0 Å². The first-order valence-electron chi connectivity index (χ1n) is 7.60. The topological polar surface area (TPSA) is 9.23 Å². The van der Waals surface area contributed by atoms with E-state index >= 15 is 0 Å². The van der Waals surface area contributed by atoms with Gasteiger partial charge in [-0.1, -0.05) is 51.5 Å². The van der Waals surface area contributed by atoms with Crippen LogP contribution in [0.2, 0.25) is 0 Å². The largest absolute Gasteiger partial charge is 0.379 e. The van der Waals surface area contributed by atoms with E-state index in [4.69, 9.17) is 4.74 Å². The maximum atomic E-state index is 5.56. The van der Waals surface area contributed by atoms with E-state index < -0.39 is 0 Å². The molecule has 0 unspecified atom stereocenters. The second kappa shape index (κ2) is 7.69. The standard InChI is InChI=1S/C18H30O/c1-15(2)19-13-8-6-7-10-16-11-9-12-17(14-16)18(3,4)5/h9,11-12,14-15H,6-8,10,13H2,1-5H3. The molecule has 1 aromatic carbocycles. The monoisotopic (exact) mass is 262 g/mol. The van der Waals surface area contributed by atoms with Crippen LogP contribution in [0.25, 0.3) is 0 Å². The highest BCUT2D eigenvalue weighted by Crippen LogP contribution is 2.23. The minimum atomic E-state index is 0.251. The molecule has 0 saturated carbocycles. The van der Waals surface area contributed by atoms with Crippen LogP contribution in [-0.2, 0) is 16.6 Å². The Hall–Kier alpha value is -0.820. The highest BCUT2D eigenvalue weighted by Gasteiger charge is 2.13. The molecule has 1 nitrogen and oxygen atoms in total. The summed E-state index contributed by atoms with van der Waals surface area (Å²) < 4.78 is 5.56. The number of benzene rings is 1. The van der Waals surface area contributed by atoms with Crippen LogP contribution in [0.1, 0.15) is 65.0 Å². The van der Waals surface area contributed by atoms with Gasteiger partial charge in [0.25, 0.3) is 0 Å². The van der Waals surface area contributed by atoms with Crippen molar-refractivity contribution in [2.75, 3.05) is 6.61 Å². The predicted molar refractivity (Wildman–Crippen MR) is 83.8 cm³/mol. The summed E-state index contributed by atoms with van der Waals surface area (Å²) in [6.45, 7) is 11.9. The highest BCUT2D eigenvalue weighted by atomic mass is 16.5. The average Bonchev–Trinajstić information content (AvgIpc) is 2.32. The number of hydrogen-bond donors (Lipinski definition) is 0. The van der Waals surface area contributed by atoms with Crippen LogP contribution in [0.15, 0.2) is 24.3 Å². The Morgan fingerprint density at radius 3 is 2.42 bits per heavy atom. The summed E-state index contributed by atoms with van der Waals surface area (Å²) in [6.07, 6.45) is 5.24. The molecule has 0 N–H and O–H groups in total. The molecule has 0 heterocycles. The van der Waals surface area contributed by atoms with Gasteiger partial charge in [-0.3, -0.25) is 0 Å². The fourth-order valence-electron chi connectivity index (χ4n) is 2.12. The summed E-state index contributed by atoms with van der Waals surface area (Å²) in [5, 5.41) is 0. The number of unbranched alkanes of at least 4 members (excludes halogenated alkanes) is 2. The van der Waals surface area contributed by atoms with Gasteiger partial charge in [0, 0.05) is 6.61 Å². The molecule has 0 bridgehead atoms. The van der Waals surface area contributed by atoms with Gasteiger partial charge in [0.05, 0.1) is 6.10 Å². The number of hydrogen-bond acceptors (Lipinski definition) is 1. The number of aryl methyl sites for hydroxylation is 1. The molecule has 0 aliphatic carbocycles.